The number of hydrogen-bond donors (Lipinski definition) is 0. The molecule has 1 amide bonds. The summed E-state index contributed by atoms with van der Waals surface area (Å²) in [6.45, 7) is 33.2. The van der Waals surface area contributed by atoms with Crippen molar-refractivity contribution in [2.24, 2.45) is 9.81 Å². The molecule has 1 saturated heterocycles. The number of hydrogen-bond acceptors (Lipinski definition) is 5. The number of halogens is 1. The summed E-state index contributed by atoms with van der Waals surface area (Å²) in [5, 5.41) is 0. The topological polar surface area (TPSA) is 71.9 Å². The highest BCUT2D eigenvalue weighted by Crippen LogP contribution is 2.48. The Balaban J connectivity index is 1.85. The zero-order valence-corrected chi connectivity index (χ0v) is 17.1. The quantitative estimate of drug-likeness (QED) is 0.734. The molecule has 0 N–H and O–H groups in total. The molecule has 6 nitrogen and oxygen atoms in total. The lowest BCUT2D eigenvalue weighted by Gasteiger charge is -2.39. The van der Waals surface area contributed by atoms with Crippen molar-refractivity contribution in [2.75, 3.05) is 13.1 Å². The Morgan fingerprint density at radius 3 is 2.39 bits per heavy atom. The van der Waals surface area contributed by atoms with Gasteiger partial charge in [-0.3, -0.25) is 0 Å². The highest BCUT2D eigenvalue weighted by atomic mass is 35.5. The summed E-state index contributed by atoms with van der Waals surface area (Å²) in [4.78, 5) is 18.6. The van der Waals surface area contributed by atoms with E-state index in [0.717, 1.165) is 10.6 Å². The van der Waals surface area contributed by atoms with E-state index < -0.39 is 32.8 Å². The van der Waals surface area contributed by atoms with Crippen LogP contribution in [0.3, 0.4) is 0 Å². The number of nitrogens with zero attached hydrogens (tertiary/aromatic N) is 3. The molecule has 2 aliphatic rings. The number of rotatable bonds is 3. The van der Waals surface area contributed by atoms with E-state index in [4.69, 9.17) is 57.9 Å². The first-order valence-corrected chi connectivity index (χ1v) is 10.5. The summed E-state index contributed by atoms with van der Waals surface area (Å²) in [5.74, 6) is 0. The highest BCUT2D eigenvalue weighted by Gasteiger charge is 2.49. The van der Waals surface area contributed by atoms with Crippen LogP contribution < -0.4 is 0 Å². The number of ether oxygens (including phenoxy) is 1. The Morgan fingerprint density at radius 2 is 1.86 bits per heavy atom. The van der Waals surface area contributed by atoms with Crippen LogP contribution in [0.1, 0.15) is 23.4 Å². The molecule has 28 heavy (non-hydrogen) atoms. The van der Waals surface area contributed by atoms with Crippen LogP contribution in [0.4, 0.5) is 4.79 Å². The Bertz CT molecular complexity index is 828. The second-order valence-electron chi connectivity index (χ2n) is 6.95. The minimum absolute atomic E-state index is 0.322. The van der Waals surface area contributed by atoms with Crippen LogP contribution in [0.5, 0.6) is 0 Å². The van der Waals surface area contributed by atoms with Crippen LogP contribution in [0, 0.1) is 47.0 Å². The van der Waals surface area contributed by atoms with Crippen molar-refractivity contribution in [3.63, 3.8) is 0 Å². The van der Waals surface area contributed by atoms with Crippen LogP contribution in [0.25, 0.3) is 0 Å². The zero-order valence-electron chi connectivity index (χ0n) is 14.8. The third kappa shape index (κ3) is 4.44. The van der Waals surface area contributed by atoms with Gasteiger partial charge in [0, 0.05) is 45.7 Å². The molecule has 12 radical (unpaired) electrons. The lowest BCUT2D eigenvalue weighted by molar-refractivity contribution is 0.0499. The van der Waals surface area contributed by atoms with Crippen molar-refractivity contribution >= 4 is 45.7 Å². The lowest BCUT2D eigenvalue weighted by atomic mass is 9.75. The number of amides is 1. The fourth-order valence-electron chi connectivity index (χ4n) is 3.32. The predicted molar refractivity (Wildman–Crippen MR) is 106 cm³/mol. The van der Waals surface area contributed by atoms with Crippen molar-refractivity contribution in [1.82, 2.24) is 9.88 Å². The van der Waals surface area contributed by atoms with Gasteiger partial charge in [0.05, 0.1) is 21.0 Å². The van der Waals surface area contributed by atoms with Crippen LogP contribution in [0.15, 0.2) is 4.40 Å². The Labute approximate surface area is 178 Å². The molecule has 2 heterocycles. The Hall–Kier alpha value is -0.990. The maximum absolute atomic E-state index is 12.4. The molecule has 144 valence electrons. The van der Waals surface area contributed by atoms with Gasteiger partial charge in [-0.15, -0.1) is 11.3 Å². The summed E-state index contributed by atoms with van der Waals surface area (Å²) in [5.41, 5.74) is -1.26. The van der Waals surface area contributed by atoms with Crippen molar-refractivity contribution in [3.8, 4) is 0 Å². The van der Waals surface area contributed by atoms with Crippen LogP contribution in [0.2, 0.25) is 4.47 Å². The molecule has 1 atom stereocenters. The number of fused-ring (bicyclic) bond motifs is 1. The maximum atomic E-state index is 12.4. The average Bonchev–Trinajstić information content (AvgIpc) is 3.00. The number of carbonyl (C=O) groups is 1. The molecule has 1 aromatic heterocycles. The van der Waals surface area contributed by atoms with E-state index >= 15 is 0 Å². The van der Waals surface area contributed by atoms with Gasteiger partial charge in [-0.2, -0.15) is 4.40 Å². The van der Waals surface area contributed by atoms with Crippen molar-refractivity contribution < 1.29 is 13.7 Å². The monoisotopic (exact) mass is 433 g/mol. The van der Waals surface area contributed by atoms with Crippen molar-refractivity contribution in [1.29, 1.82) is 0 Å². The van der Waals surface area contributed by atoms with E-state index in [-0.39, 0.29) is 0 Å². The first-order chi connectivity index (χ1) is 12.8. The Morgan fingerprint density at radius 1 is 1.25 bits per heavy atom. The molecule has 0 bridgehead atoms. The van der Waals surface area contributed by atoms with Gasteiger partial charge in [-0.05, 0) is 33.6 Å². The molecular formula is C19H16ClN3O3S2. The number of likely N-dealkylation sites (tertiary alicyclic amines) is 1. The van der Waals surface area contributed by atoms with Gasteiger partial charge in [-0.1, -0.05) is 11.6 Å². The molecule has 3 rings (SSSR count). The number of thiazole rings is 1. The minimum atomic E-state index is -2.08. The average molecular weight is 434 g/mol. The second kappa shape index (κ2) is 7.36. The zero-order chi connectivity index (χ0) is 20.9. The maximum Gasteiger partial charge on any atom is 0.410 e. The molecule has 1 aliphatic heterocycles. The molecular weight excluding hydrogens is 418 g/mol. The summed E-state index contributed by atoms with van der Waals surface area (Å²) in [6, 6.07) is 0. The third-order valence-corrected chi connectivity index (χ3v) is 6.78. The summed E-state index contributed by atoms with van der Waals surface area (Å²) < 4.78 is 19.8. The molecule has 9 heteroatoms. The number of aromatic nitrogens is 1. The van der Waals surface area contributed by atoms with Crippen molar-refractivity contribution in [3.05, 3.63) is 56.6 Å². The van der Waals surface area contributed by atoms with Crippen LogP contribution in [-0.2, 0) is 22.1 Å². The van der Waals surface area contributed by atoms with Gasteiger partial charge in [0.25, 0.3) is 0 Å². The van der Waals surface area contributed by atoms with E-state index in [2.05, 4.69) is 9.38 Å². The largest absolute Gasteiger partial charge is 0.442 e. The molecule has 0 saturated carbocycles. The van der Waals surface area contributed by atoms with E-state index in [1.165, 1.54) is 16.2 Å². The van der Waals surface area contributed by atoms with E-state index in [1.54, 1.807) is 0 Å². The van der Waals surface area contributed by atoms with Gasteiger partial charge in [0.1, 0.15) is 16.6 Å². The van der Waals surface area contributed by atoms with E-state index in [9.17, 15) is 9.00 Å². The lowest BCUT2D eigenvalue weighted by Crippen LogP contribution is -2.47. The predicted octanol–water partition coefficient (Wildman–Crippen LogP) is 2.77. The van der Waals surface area contributed by atoms with Crippen molar-refractivity contribution in [2.45, 2.75) is 29.6 Å². The number of carbonyl (C=O) groups excluding carboxylic acids is 1. The van der Waals surface area contributed by atoms with Gasteiger partial charge in [0.15, 0.2) is 4.47 Å². The fourth-order valence-corrected chi connectivity index (χ4v) is 5.24. The number of piperidine rings is 1. The summed E-state index contributed by atoms with van der Waals surface area (Å²) >= 11 is 7.25. The normalized spacial score (nSPS) is 21.8. The van der Waals surface area contributed by atoms with Gasteiger partial charge in [0.2, 0.25) is 0 Å². The smallest absolute Gasteiger partial charge is 0.410 e. The first-order valence-electron chi connectivity index (χ1n) is 8.19. The third-order valence-electron chi connectivity index (χ3n) is 4.61. The molecule has 1 spiro atoms. The SMILES string of the molecule is [CH]C([CH])([CH])OC(=O)N1CCC2(CC1)Cc1nc(Cl)sc1/C2=N\[S@@](=O)C([CH])([CH])[CH]. The highest BCUT2D eigenvalue weighted by molar-refractivity contribution is 7.85. The summed E-state index contributed by atoms with van der Waals surface area (Å²) in [6.07, 6.45) is 0.811. The minimum Gasteiger partial charge on any atom is -0.442 e. The van der Waals surface area contributed by atoms with Gasteiger partial charge >= 0.3 is 6.09 Å². The van der Waals surface area contributed by atoms with Crippen LogP contribution in [-0.4, -0.2) is 49.3 Å². The molecule has 1 fully saturated rings. The fraction of sp³-hybridized carbons (Fsp3) is 0.421. The van der Waals surface area contributed by atoms with Gasteiger partial charge < -0.3 is 9.64 Å². The second-order valence-corrected chi connectivity index (χ2v) is 9.92. The molecule has 1 aromatic rings. The van der Waals surface area contributed by atoms with Crippen LogP contribution >= 0.6 is 22.9 Å². The van der Waals surface area contributed by atoms with E-state index in [1.807, 2.05) is 0 Å². The van der Waals surface area contributed by atoms with Gasteiger partial charge in [-0.25, -0.2) is 14.0 Å². The molecule has 0 unspecified atom stereocenters. The molecule has 0 aromatic carbocycles. The standard InChI is InChI=1S/C19H16ClN3O3S2/c1-17(2,3)26-16(24)23-9-7-19(8-10-23)11-12-13(27-15(20)21-12)14(19)22-28(25)18(4,5)6/h1-6H,7-11H2/b22-14+/t28-/m0/s1. The molecule has 1 aliphatic carbocycles. The van der Waals surface area contributed by atoms with E-state index in [0.29, 0.717) is 42.5 Å². The Kier molecular flexibility index (Phi) is 5.71. The first kappa shape index (κ1) is 21.7. The summed E-state index contributed by atoms with van der Waals surface area (Å²) in [7, 11) is -2.08.